The first kappa shape index (κ1) is 16.2. The molecule has 0 aliphatic carbocycles. The summed E-state index contributed by atoms with van der Waals surface area (Å²) in [5.74, 6) is -1.04. The molecule has 3 amide bonds. The molecule has 0 radical (unpaired) electrons. The number of nitrogens with two attached hydrogens (primary N) is 1. The molecular weight excluding hydrogens is 294 g/mol. The number of nitrogens with one attached hydrogen (secondary N) is 2. The molecule has 2 aromatic rings. The summed E-state index contributed by atoms with van der Waals surface area (Å²) >= 11 is 0. The number of hydrogen-bond acceptors (Lipinski definition) is 3. The molecule has 0 aliphatic rings. The van der Waals surface area contributed by atoms with Crippen molar-refractivity contribution >= 4 is 29.1 Å². The molecule has 0 unspecified atom stereocenters. The highest BCUT2D eigenvalue weighted by Gasteiger charge is 2.09. The minimum absolute atomic E-state index is 0.128. The third-order valence-corrected chi connectivity index (χ3v) is 3.13. The molecule has 4 N–H and O–H groups in total. The number of rotatable bonds is 5. The summed E-state index contributed by atoms with van der Waals surface area (Å²) in [4.78, 5) is 34.8. The van der Waals surface area contributed by atoms with Crippen LogP contribution in [0, 0.1) is 0 Å². The average Bonchev–Trinajstić information content (AvgIpc) is 2.55. The van der Waals surface area contributed by atoms with Gasteiger partial charge in [-0.15, -0.1) is 0 Å². The van der Waals surface area contributed by atoms with Gasteiger partial charge in [0, 0.05) is 28.9 Å². The van der Waals surface area contributed by atoms with Crippen LogP contribution in [0.25, 0.3) is 0 Å². The number of hydrogen-bond donors (Lipinski definition) is 3. The average molecular weight is 311 g/mol. The largest absolute Gasteiger partial charge is 0.366 e. The van der Waals surface area contributed by atoms with E-state index in [-0.39, 0.29) is 11.8 Å². The second kappa shape index (κ2) is 7.22. The first-order valence-electron chi connectivity index (χ1n) is 7.10. The molecule has 0 aromatic heterocycles. The summed E-state index contributed by atoms with van der Waals surface area (Å²) in [6.07, 6.45) is 0.357. The molecule has 0 saturated heterocycles. The van der Waals surface area contributed by atoms with Crippen molar-refractivity contribution in [3.63, 3.8) is 0 Å². The van der Waals surface area contributed by atoms with E-state index in [1.54, 1.807) is 49.4 Å². The highest BCUT2D eigenvalue weighted by atomic mass is 16.2. The predicted octanol–water partition coefficient (Wildman–Crippen LogP) is 2.39. The van der Waals surface area contributed by atoms with Crippen LogP contribution >= 0.6 is 0 Å². The maximum atomic E-state index is 12.3. The number of anilines is 2. The minimum atomic E-state index is -0.564. The molecule has 0 aliphatic heterocycles. The van der Waals surface area contributed by atoms with Crippen molar-refractivity contribution in [3.05, 3.63) is 59.7 Å². The van der Waals surface area contributed by atoms with E-state index in [4.69, 9.17) is 5.73 Å². The molecule has 0 fully saturated rings. The van der Waals surface area contributed by atoms with Gasteiger partial charge in [0.1, 0.15) is 0 Å². The van der Waals surface area contributed by atoms with Gasteiger partial charge in [0.2, 0.25) is 11.8 Å². The number of carbonyl (C=O) groups excluding carboxylic acids is 3. The summed E-state index contributed by atoms with van der Waals surface area (Å²) in [7, 11) is 0. The molecule has 0 atom stereocenters. The Balaban J connectivity index is 2.14. The van der Waals surface area contributed by atoms with Crippen LogP contribution in [0.4, 0.5) is 11.4 Å². The zero-order chi connectivity index (χ0) is 16.8. The Morgan fingerprint density at radius 2 is 1.48 bits per heavy atom. The second-order valence-electron chi connectivity index (χ2n) is 4.88. The second-order valence-corrected chi connectivity index (χ2v) is 4.88. The van der Waals surface area contributed by atoms with Gasteiger partial charge in [0.25, 0.3) is 5.91 Å². The van der Waals surface area contributed by atoms with E-state index < -0.39 is 5.91 Å². The van der Waals surface area contributed by atoms with Gasteiger partial charge in [-0.1, -0.05) is 19.1 Å². The fraction of sp³-hybridized carbons (Fsp3) is 0.118. The predicted molar refractivity (Wildman–Crippen MR) is 88.3 cm³/mol. The lowest BCUT2D eigenvalue weighted by Crippen LogP contribution is -2.15. The van der Waals surface area contributed by atoms with Crippen molar-refractivity contribution < 1.29 is 14.4 Å². The van der Waals surface area contributed by atoms with Crippen molar-refractivity contribution in [2.24, 2.45) is 5.73 Å². The number of carbonyl (C=O) groups is 3. The zero-order valence-corrected chi connectivity index (χ0v) is 12.6. The Labute approximate surface area is 133 Å². The number of amides is 3. The lowest BCUT2D eigenvalue weighted by Gasteiger charge is -2.08. The quantitative estimate of drug-likeness (QED) is 0.790. The van der Waals surface area contributed by atoms with Crippen molar-refractivity contribution in [2.75, 3.05) is 10.6 Å². The summed E-state index contributed by atoms with van der Waals surface area (Å²) in [5.41, 5.74) is 6.93. The van der Waals surface area contributed by atoms with E-state index in [1.165, 1.54) is 6.07 Å². The SMILES string of the molecule is CCC(=O)Nc1cccc(C(=O)Nc2cccc(C(N)=O)c2)c1. The summed E-state index contributed by atoms with van der Waals surface area (Å²) in [6, 6.07) is 13.0. The van der Waals surface area contributed by atoms with Crippen LogP contribution in [0.3, 0.4) is 0 Å². The highest BCUT2D eigenvalue weighted by molar-refractivity contribution is 6.06. The topological polar surface area (TPSA) is 101 Å². The van der Waals surface area contributed by atoms with Gasteiger partial charge in [-0.3, -0.25) is 14.4 Å². The lowest BCUT2D eigenvalue weighted by atomic mass is 10.1. The first-order valence-corrected chi connectivity index (χ1v) is 7.10. The van der Waals surface area contributed by atoms with E-state index in [2.05, 4.69) is 10.6 Å². The Morgan fingerprint density at radius 1 is 0.913 bits per heavy atom. The van der Waals surface area contributed by atoms with Gasteiger partial charge in [-0.2, -0.15) is 0 Å². The Hall–Kier alpha value is -3.15. The monoisotopic (exact) mass is 311 g/mol. The molecule has 2 rings (SSSR count). The van der Waals surface area contributed by atoms with Gasteiger partial charge in [0.15, 0.2) is 0 Å². The smallest absolute Gasteiger partial charge is 0.255 e. The molecule has 0 bridgehead atoms. The number of benzene rings is 2. The molecule has 23 heavy (non-hydrogen) atoms. The van der Waals surface area contributed by atoms with Crippen molar-refractivity contribution in [3.8, 4) is 0 Å². The maximum absolute atomic E-state index is 12.3. The highest BCUT2D eigenvalue weighted by Crippen LogP contribution is 2.15. The van der Waals surface area contributed by atoms with Crippen LogP contribution in [0.15, 0.2) is 48.5 Å². The normalized spacial score (nSPS) is 9.96. The zero-order valence-electron chi connectivity index (χ0n) is 12.6. The number of primary amides is 1. The van der Waals surface area contributed by atoms with Crippen LogP contribution in [-0.2, 0) is 4.79 Å². The van der Waals surface area contributed by atoms with Gasteiger partial charge < -0.3 is 16.4 Å². The molecule has 2 aromatic carbocycles. The third-order valence-electron chi connectivity index (χ3n) is 3.13. The fourth-order valence-electron chi connectivity index (χ4n) is 1.94. The van der Waals surface area contributed by atoms with Crippen LogP contribution in [0.1, 0.15) is 34.1 Å². The fourth-order valence-corrected chi connectivity index (χ4v) is 1.94. The van der Waals surface area contributed by atoms with Crippen LogP contribution in [0.2, 0.25) is 0 Å². The van der Waals surface area contributed by atoms with Crippen molar-refractivity contribution in [1.29, 1.82) is 0 Å². The Morgan fingerprint density at radius 3 is 2.09 bits per heavy atom. The molecular formula is C17H17N3O3. The first-order chi connectivity index (χ1) is 11.0. The molecule has 6 nitrogen and oxygen atoms in total. The van der Waals surface area contributed by atoms with Crippen LogP contribution in [-0.4, -0.2) is 17.7 Å². The van der Waals surface area contributed by atoms with Gasteiger partial charge >= 0.3 is 0 Å². The molecule has 0 saturated carbocycles. The molecule has 0 spiro atoms. The van der Waals surface area contributed by atoms with Crippen molar-refractivity contribution in [1.82, 2.24) is 0 Å². The van der Waals surface area contributed by atoms with E-state index in [9.17, 15) is 14.4 Å². The van der Waals surface area contributed by atoms with E-state index in [0.717, 1.165) is 0 Å². The third kappa shape index (κ3) is 4.41. The molecule has 0 heterocycles. The Bertz CT molecular complexity index is 756. The van der Waals surface area contributed by atoms with Crippen LogP contribution < -0.4 is 16.4 Å². The maximum Gasteiger partial charge on any atom is 0.255 e. The molecule has 6 heteroatoms. The minimum Gasteiger partial charge on any atom is -0.366 e. The summed E-state index contributed by atoms with van der Waals surface area (Å²) < 4.78 is 0. The summed E-state index contributed by atoms with van der Waals surface area (Å²) in [5, 5.41) is 5.38. The summed E-state index contributed by atoms with van der Waals surface area (Å²) in [6.45, 7) is 1.75. The standard InChI is InChI=1S/C17H17N3O3/c1-2-15(21)19-13-7-4-6-12(10-13)17(23)20-14-8-3-5-11(9-14)16(18)22/h3-10H,2H2,1H3,(H2,18,22)(H,19,21)(H,20,23). The lowest BCUT2D eigenvalue weighted by molar-refractivity contribution is -0.115. The van der Waals surface area contributed by atoms with E-state index in [0.29, 0.717) is 28.9 Å². The van der Waals surface area contributed by atoms with Gasteiger partial charge in [-0.25, -0.2) is 0 Å². The van der Waals surface area contributed by atoms with E-state index >= 15 is 0 Å². The van der Waals surface area contributed by atoms with Gasteiger partial charge in [0.05, 0.1) is 0 Å². The van der Waals surface area contributed by atoms with Crippen molar-refractivity contribution in [2.45, 2.75) is 13.3 Å². The van der Waals surface area contributed by atoms with E-state index in [1.807, 2.05) is 0 Å². The molecule has 118 valence electrons. The van der Waals surface area contributed by atoms with Gasteiger partial charge in [-0.05, 0) is 36.4 Å². The Kier molecular flexibility index (Phi) is 5.09. The van der Waals surface area contributed by atoms with Crippen LogP contribution in [0.5, 0.6) is 0 Å².